The molecule has 130 valence electrons. The van der Waals surface area contributed by atoms with Gasteiger partial charge in [-0.1, -0.05) is 23.7 Å². The molecular formula is C17H16ClN3O4. The summed E-state index contributed by atoms with van der Waals surface area (Å²) in [5.74, 6) is 0.156. The van der Waals surface area contributed by atoms with Gasteiger partial charge >= 0.3 is 0 Å². The summed E-state index contributed by atoms with van der Waals surface area (Å²) >= 11 is 6.05. The summed E-state index contributed by atoms with van der Waals surface area (Å²) in [5, 5.41) is 11.5. The molecule has 2 heterocycles. The van der Waals surface area contributed by atoms with Crippen molar-refractivity contribution in [3.63, 3.8) is 0 Å². The van der Waals surface area contributed by atoms with Crippen LogP contribution in [-0.2, 0) is 0 Å². The number of likely N-dealkylation sites (tertiary alicyclic amines) is 1. The number of rotatable bonds is 4. The lowest BCUT2D eigenvalue weighted by atomic mass is 10.1. The number of nitrogens with zero attached hydrogens (tertiary/aromatic N) is 3. The predicted molar refractivity (Wildman–Crippen MR) is 91.9 cm³/mol. The van der Waals surface area contributed by atoms with Crippen LogP contribution in [0.4, 0.5) is 5.69 Å². The average molecular weight is 362 g/mol. The van der Waals surface area contributed by atoms with Crippen LogP contribution in [0.2, 0.25) is 5.02 Å². The fraction of sp³-hybridized carbons (Fsp3) is 0.294. The first-order valence-electron chi connectivity index (χ1n) is 7.85. The number of halogens is 1. The average Bonchev–Trinajstić information content (AvgIpc) is 2.63. The van der Waals surface area contributed by atoms with Gasteiger partial charge in [-0.05, 0) is 18.9 Å². The minimum atomic E-state index is -0.540. The molecule has 1 aromatic heterocycles. The van der Waals surface area contributed by atoms with E-state index in [4.69, 9.17) is 16.3 Å². The Morgan fingerprint density at radius 1 is 1.36 bits per heavy atom. The van der Waals surface area contributed by atoms with E-state index in [9.17, 15) is 14.9 Å². The van der Waals surface area contributed by atoms with E-state index in [-0.39, 0.29) is 23.3 Å². The first-order chi connectivity index (χ1) is 12.1. The minimum absolute atomic E-state index is 0.0927. The molecule has 0 saturated carbocycles. The van der Waals surface area contributed by atoms with Crippen molar-refractivity contribution in [2.24, 2.45) is 0 Å². The number of hydrogen-bond donors (Lipinski definition) is 0. The van der Waals surface area contributed by atoms with E-state index in [0.717, 1.165) is 12.8 Å². The fourth-order valence-electron chi connectivity index (χ4n) is 2.84. The Morgan fingerprint density at radius 3 is 2.92 bits per heavy atom. The molecule has 3 rings (SSSR count). The van der Waals surface area contributed by atoms with Gasteiger partial charge in [0, 0.05) is 31.1 Å². The van der Waals surface area contributed by atoms with Crippen molar-refractivity contribution in [3.8, 4) is 5.75 Å². The lowest BCUT2D eigenvalue weighted by molar-refractivity contribution is -0.385. The molecule has 25 heavy (non-hydrogen) atoms. The van der Waals surface area contributed by atoms with E-state index in [1.165, 1.54) is 18.3 Å². The van der Waals surface area contributed by atoms with Crippen LogP contribution in [0.15, 0.2) is 42.7 Å². The third-order valence-corrected chi connectivity index (χ3v) is 4.31. The second-order valence-corrected chi connectivity index (χ2v) is 6.12. The Bertz CT molecular complexity index is 799. The molecule has 2 aromatic rings. The second-order valence-electron chi connectivity index (χ2n) is 5.71. The van der Waals surface area contributed by atoms with Crippen LogP contribution in [0, 0.1) is 10.1 Å². The molecule has 1 atom stereocenters. The molecule has 1 amide bonds. The Hall–Kier alpha value is -2.67. The van der Waals surface area contributed by atoms with Gasteiger partial charge in [0.25, 0.3) is 11.6 Å². The van der Waals surface area contributed by atoms with Crippen molar-refractivity contribution >= 4 is 23.2 Å². The summed E-state index contributed by atoms with van der Waals surface area (Å²) in [7, 11) is 0. The number of carbonyl (C=O) groups excluding carboxylic acids is 1. The molecule has 1 aliphatic heterocycles. The van der Waals surface area contributed by atoms with Gasteiger partial charge in [-0.15, -0.1) is 0 Å². The Morgan fingerprint density at radius 2 is 2.16 bits per heavy atom. The molecule has 1 aliphatic rings. The van der Waals surface area contributed by atoms with E-state index >= 15 is 0 Å². The third-order valence-electron chi connectivity index (χ3n) is 4.03. The van der Waals surface area contributed by atoms with Crippen molar-refractivity contribution in [2.45, 2.75) is 18.9 Å². The monoisotopic (exact) mass is 361 g/mol. The quantitative estimate of drug-likeness (QED) is 0.616. The highest BCUT2D eigenvalue weighted by atomic mass is 35.5. The van der Waals surface area contributed by atoms with Crippen LogP contribution in [0.5, 0.6) is 5.75 Å². The summed E-state index contributed by atoms with van der Waals surface area (Å²) in [6.45, 7) is 0.887. The van der Waals surface area contributed by atoms with Gasteiger partial charge in [0.05, 0.1) is 11.5 Å². The minimum Gasteiger partial charge on any atom is -0.487 e. The number of ether oxygens (including phenoxy) is 1. The fourth-order valence-corrected chi connectivity index (χ4v) is 3.00. The number of carbonyl (C=O) groups is 1. The molecule has 0 radical (unpaired) electrons. The van der Waals surface area contributed by atoms with Gasteiger partial charge in [-0.3, -0.25) is 19.9 Å². The Labute approximate surface area is 149 Å². The summed E-state index contributed by atoms with van der Waals surface area (Å²) in [6, 6.07) is 7.65. The molecule has 0 bridgehead atoms. The molecule has 8 heteroatoms. The van der Waals surface area contributed by atoms with Crippen LogP contribution in [-0.4, -0.2) is 39.9 Å². The third kappa shape index (κ3) is 3.88. The van der Waals surface area contributed by atoms with Crippen LogP contribution in [0.1, 0.15) is 23.2 Å². The van der Waals surface area contributed by atoms with E-state index < -0.39 is 4.92 Å². The van der Waals surface area contributed by atoms with Gasteiger partial charge < -0.3 is 9.64 Å². The Balaban J connectivity index is 1.74. The normalized spacial score (nSPS) is 17.2. The summed E-state index contributed by atoms with van der Waals surface area (Å²) in [4.78, 5) is 28.8. The topological polar surface area (TPSA) is 85.6 Å². The highest BCUT2D eigenvalue weighted by Crippen LogP contribution is 2.27. The lowest BCUT2D eigenvalue weighted by Crippen LogP contribution is -2.44. The van der Waals surface area contributed by atoms with E-state index in [0.29, 0.717) is 23.9 Å². The number of benzene rings is 1. The number of hydrogen-bond acceptors (Lipinski definition) is 5. The number of para-hydroxylation sites is 1. The molecule has 1 fully saturated rings. The number of amides is 1. The van der Waals surface area contributed by atoms with Crippen LogP contribution in [0.25, 0.3) is 0 Å². The first kappa shape index (κ1) is 17.2. The van der Waals surface area contributed by atoms with Gasteiger partial charge in [-0.25, -0.2) is 0 Å². The smallest absolute Gasteiger partial charge is 0.282 e. The zero-order chi connectivity index (χ0) is 17.8. The summed E-state index contributed by atoms with van der Waals surface area (Å²) in [6.07, 6.45) is 4.38. The van der Waals surface area contributed by atoms with Crippen molar-refractivity contribution in [3.05, 3.63) is 63.4 Å². The van der Waals surface area contributed by atoms with Crippen LogP contribution in [0.3, 0.4) is 0 Å². The molecule has 0 aliphatic carbocycles. The zero-order valence-electron chi connectivity index (χ0n) is 13.3. The zero-order valence-corrected chi connectivity index (χ0v) is 14.1. The maximum Gasteiger partial charge on any atom is 0.282 e. The van der Waals surface area contributed by atoms with Crippen LogP contribution >= 0.6 is 11.6 Å². The Kier molecular flexibility index (Phi) is 5.14. The van der Waals surface area contributed by atoms with Crippen molar-refractivity contribution in [1.82, 2.24) is 9.88 Å². The largest absolute Gasteiger partial charge is 0.487 e. The second kappa shape index (κ2) is 7.48. The predicted octanol–water partition coefficient (Wildman–Crippen LogP) is 3.33. The maximum absolute atomic E-state index is 12.7. The first-order valence-corrected chi connectivity index (χ1v) is 8.23. The maximum atomic E-state index is 12.7. The van der Waals surface area contributed by atoms with E-state index in [1.807, 2.05) is 0 Å². The number of piperidine rings is 1. The SMILES string of the molecule is O=C(c1ccccc1[N+](=O)[O-])N1CCCC(Oc2ccncc2Cl)C1. The number of nitro groups is 1. The van der Waals surface area contributed by atoms with Gasteiger partial charge in [0.1, 0.15) is 22.4 Å². The summed E-state index contributed by atoms with van der Waals surface area (Å²) < 4.78 is 5.88. The van der Waals surface area contributed by atoms with Crippen molar-refractivity contribution in [2.75, 3.05) is 13.1 Å². The molecule has 0 spiro atoms. The van der Waals surface area contributed by atoms with Crippen molar-refractivity contribution < 1.29 is 14.5 Å². The van der Waals surface area contributed by atoms with Gasteiger partial charge in [0.15, 0.2) is 0 Å². The molecule has 1 unspecified atom stereocenters. The lowest BCUT2D eigenvalue weighted by Gasteiger charge is -2.33. The van der Waals surface area contributed by atoms with Gasteiger partial charge in [-0.2, -0.15) is 0 Å². The molecule has 1 aromatic carbocycles. The molecule has 0 N–H and O–H groups in total. The van der Waals surface area contributed by atoms with Crippen LogP contribution < -0.4 is 4.74 Å². The number of pyridine rings is 1. The molecule has 1 saturated heterocycles. The van der Waals surface area contributed by atoms with Crippen molar-refractivity contribution in [1.29, 1.82) is 0 Å². The molecule has 7 nitrogen and oxygen atoms in total. The van der Waals surface area contributed by atoms with E-state index in [2.05, 4.69) is 4.98 Å². The number of aromatic nitrogens is 1. The molecular weight excluding hydrogens is 346 g/mol. The highest BCUT2D eigenvalue weighted by molar-refractivity contribution is 6.31. The highest BCUT2D eigenvalue weighted by Gasteiger charge is 2.29. The van der Waals surface area contributed by atoms with E-state index in [1.54, 1.807) is 29.3 Å². The standard InChI is InChI=1S/C17H16ClN3O4/c18-14-10-19-8-7-16(14)25-12-4-3-9-20(11-12)17(22)13-5-1-2-6-15(13)21(23)24/h1-2,5-8,10,12H,3-4,9,11H2. The summed E-state index contributed by atoms with van der Waals surface area (Å²) in [5.41, 5.74) is -0.0946. The van der Waals surface area contributed by atoms with Gasteiger partial charge in [0.2, 0.25) is 0 Å². The number of nitro benzene ring substituents is 1.